The Morgan fingerprint density at radius 3 is 2.28 bits per heavy atom. The maximum absolute atomic E-state index is 13.7. The second-order valence-corrected chi connectivity index (χ2v) is 16.5. The second-order valence-electron chi connectivity index (χ2n) is 16.5. The number of aliphatic hydroxyl groups excluding tert-OH is 2. The number of ether oxygens (including phenoxy) is 5. The third-order valence-electron chi connectivity index (χ3n) is 11.5. The van der Waals surface area contributed by atoms with Gasteiger partial charge in [-0.1, -0.05) is 123 Å². The van der Waals surface area contributed by atoms with Crippen molar-refractivity contribution in [2.45, 2.75) is 169 Å². The molecule has 2 aliphatic rings. The van der Waals surface area contributed by atoms with Gasteiger partial charge in [-0.25, -0.2) is 4.79 Å². The van der Waals surface area contributed by atoms with Crippen molar-refractivity contribution in [3.05, 3.63) is 47.3 Å². The number of hydrogen-bond donors (Lipinski definition) is 3. The highest BCUT2D eigenvalue weighted by atomic mass is 16.6. The predicted molar refractivity (Wildman–Crippen MR) is 212 cm³/mol. The van der Waals surface area contributed by atoms with Gasteiger partial charge >= 0.3 is 11.9 Å². The summed E-state index contributed by atoms with van der Waals surface area (Å²) in [6.45, 7) is 19.4. The molecule has 1 fully saturated rings. The van der Waals surface area contributed by atoms with Crippen LogP contribution in [0.15, 0.2) is 47.3 Å². The topological polar surface area (TPSA) is 141 Å². The first-order valence-electron chi connectivity index (χ1n) is 20.4. The number of rotatable bonds is 15. The van der Waals surface area contributed by atoms with E-state index in [0.29, 0.717) is 12.8 Å². The highest BCUT2D eigenvalue weighted by Crippen LogP contribution is 2.43. The first-order valence-corrected chi connectivity index (χ1v) is 20.4. The lowest BCUT2D eigenvalue weighted by atomic mass is 9.76. The smallest absolute Gasteiger partial charge is 0.373 e. The average Bonchev–Trinajstić information content (AvgIpc) is 3.12. The minimum Gasteiger partial charge on any atom is -0.490 e. The summed E-state index contributed by atoms with van der Waals surface area (Å²) in [5, 5.41) is 35.3. The molecule has 10 heteroatoms. The average molecular weight is 763 g/mol. The Hall–Kier alpha value is -2.50. The fourth-order valence-electron chi connectivity index (χ4n) is 7.95. The lowest BCUT2D eigenvalue weighted by Crippen LogP contribution is -2.59. The molecule has 0 aromatic carbocycles. The Balaban J connectivity index is 2.44. The molecule has 0 aliphatic carbocycles. The molecule has 2 heterocycles. The number of carbonyl (C=O) groups is 2. The van der Waals surface area contributed by atoms with Gasteiger partial charge in [0.2, 0.25) is 5.76 Å². The lowest BCUT2D eigenvalue weighted by molar-refractivity contribution is -0.329. The molecule has 0 saturated carbocycles. The van der Waals surface area contributed by atoms with Gasteiger partial charge in [-0.15, -0.1) is 0 Å². The monoisotopic (exact) mass is 763 g/mol. The molecule has 0 unspecified atom stereocenters. The fraction of sp³-hybridized carbons (Fsp3) is 0.773. The summed E-state index contributed by atoms with van der Waals surface area (Å²) in [5.74, 6) is -4.99. The predicted octanol–water partition coefficient (Wildman–Crippen LogP) is 7.99. The number of carbonyl (C=O) groups excluding carboxylic acids is 2. The van der Waals surface area contributed by atoms with Crippen molar-refractivity contribution in [3.8, 4) is 0 Å². The van der Waals surface area contributed by atoms with Gasteiger partial charge in [0.25, 0.3) is 0 Å². The van der Waals surface area contributed by atoms with Crippen LogP contribution in [0.4, 0.5) is 0 Å². The van der Waals surface area contributed by atoms with Crippen LogP contribution in [0.2, 0.25) is 0 Å². The van der Waals surface area contributed by atoms with E-state index in [1.54, 1.807) is 26.0 Å². The highest BCUT2D eigenvalue weighted by molar-refractivity contribution is 5.87. The lowest BCUT2D eigenvalue weighted by Gasteiger charge is -2.50. The van der Waals surface area contributed by atoms with E-state index in [-0.39, 0.29) is 41.8 Å². The highest BCUT2D eigenvalue weighted by Gasteiger charge is 2.53. The van der Waals surface area contributed by atoms with Crippen molar-refractivity contribution in [3.63, 3.8) is 0 Å². The third-order valence-corrected chi connectivity index (χ3v) is 11.5. The molecular weight excluding hydrogens is 688 g/mol. The summed E-state index contributed by atoms with van der Waals surface area (Å²) < 4.78 is 29.9. The molecule has 12 atom stereocenters. The number of allylic oxidation sites excluding steroid dienone is 5. The Bertz CT molecular complexity index is 1290. The molecule has 310 valence electrons. The number of unbranched alkanes of at least 4 members (excludes halogenated alkanes) is 5. The van der Waals surface area contributed by atoms with E-state index in [0.717, 1.165) is 43.3 Å². The molecule has 0 aromatic rings. The van der Waals surface area contributed by atoms with Crippen LogP contribution in [0.5, 0.6) is 0 Å². The molecule has 2 aliphatic heterocycles. The summed E-state index contributed by atoms with van der Waals surface area (Å²) in [7, 11) is 2.89. The van der Waals surface area contributed by atoms with Crippen LogP contribution in [0.25, 0.3) is 0 Å². The molecule has 1 saturated heterocycles. The largest absolute Gasteiger partial charge is 0.490 e. The third kappa shape index (κ3) is 13.9. The van der Waals surface area contributed by atoms with Gasteiger partial charge < -0.3 is 39.0 Å². The Labute approximate surface area is 326 Å². The van der Waals surface area contributed by atoms with E-state index in [4.69, 9.17) is 23.7 Å². The van der Waals surface area contributed by atoms with Crippen LogP contribution in [0.1, 0.15) is 127 Å². The van der Waals surface area contributed by atoms with Crippen molar-refractivity contribution in [2.75, 3.05) is 14.2 Å². The summed E-state index contributed by atoms with van der Waals surface area (Å²) in [6.07, 6.45) is 11.6. The minimum atomic E-state index is -1.85. The number of esters is 2. The quantitative estimate of drug-likeness (QED) is 0.111. The molecule has 3 N–H and O–H groups in total. The van der Waals surface area contributed by atoms with Crippen molar-refractivity contribution >= 4 is 11.9 Å². The van der Waals surface area contributed by atoms with E-state index < -0.39 is 60.2 Å². The summed E-state index contributed by atoms with van der Waals surface area (Å²) in [5.41, 5.74) is 1.77. The Morgan fingerprint density at radius 1 is 1.02 bits per heavy atom. The number of hydrogen-bond acceptors (Lipinski definition) is 10. The molecule has 0 radical (unpaired) electrons. The van der Waals surface area contributed by atoms with E-state index in [1.807, 2.05) is 66.7 Å². The zero-order chi connectivity index (χ0) is 40.7. The molecule has 0 aromatic heterocycles. The van der Waals surface area contributed by atoms with E-state index >= 15 is 0 Å². The Morgan fingerprint density at radius 2 is 1.67 bits per heavy atom. The van der Waals surface area contributed by atoms with Gasteiger partial charge in [-0.05, 0) is 44.6 Å². The first kappa shape index (κ1) is 47.7. The number of methoxy groups -OCH3 is 2. The zero-order valence-corrected chi connectivity index (χ0v) is 35.4. The van der Waals surface area contributed by atoms with Gasteiger partial charge in [0, 0.05) is 43.6 Å². The van der Waals surface area contributed by atoms with Crippen LogP contribution in [0, 0.1) is 35.5 Å². The first-order chi connectivity index (χ1) is 25.4. The van der Waals surface area contributed by atoms with Crippen molar-refractivity contribution < 1.29 is 48.6 Å². The summed E-state index contributed by atoms with van der Waals surface area (Å²) >= 11 is 0. The molecule has 0 spiro atoms. The molecule has 10 nitrogen and oxygen atoms in total. The second kappa shape index (κ2) is 22.9. The van der Waals surface area contributed by atoms with Crippen LogP contribution >= 0.6 is 0 Å². The van der Waals surface area contributed by atoms with Crippen LogP contribution in [-0.4, -0.2) is 83.9 Å². The van der Waals surface area contributed by atoms with Crippen LogP contribution in [0.3, 0.4) is 0 Å². The van der Waals surface area contributed by atoms with Crippen molar-refractivity contribution in [1.29, 1.82) is 0 Å². The van der Waals surface area contributed by atoms with E-state index in [9.17, 15) is 24.9 Å². The normalized spacial score (nSPS) is 35.6. The molecule has 54 heavy (non-hydrogen) atoms. The van der Waals surface area contributed by atoms with Gasteiger partial charge in [-0.2, -0.15) is 0 Å². The molecule has 0 bridgehead atoms. The summed E-state index contributed by atoms with van der Waals surface area (Å²) in [4.78, 5) is 26.7. The number of aliphatic hydroxyl groups is 3. The van der Waals surface area contributed by atoms with E-state index in [1.165, 1.54) is 20.6 Å². The van der Waals surface area contributed by atoms with Gasteiger partial charge in [0.15, 0.2) is 5.79 Å². The zero-order valence-electron chi connectivity index (χ0n) is 35.4. The SMILES string of the molecule is CCCCCCCCC(=O)O[C@@H]1C[C@](O)([C@@H](C)[C@H](O)[C@H](C)[C@H]2OC(=O)/C(OC)=C/C(C)=C/[C@@H](C)[C@@H](O)[C@@H](C)C/C(C)=C/C=C/[C@@H]2OC)O[C@@H](C(C)C)[C@H]1C. The van der Waals surface area contributed by atoms with Crippen molar-refractivity contribution in [1.82, 2.24) is 0 Å². The standard InChI is InChI=1S/C44H74O10/c1-13-14-15-16-17-18-22-38(45)52-37-26-44(49,54-41(27(2)3)32(37)8)34(10)40(47)33(9)42-35(50-11)21-19-20-28(4)23-30(6)39(46)31(7)24-29(5)25-36(51-12)43(48)53-42/h19-21,24-25,27,30-35,37,39-42,46-47,49H,13-18,22-23,26H2,1-12H3/b21-19+,28-20+,29-24+,36-25-/t30-,31+,32-,33-,34-,35-,37+,39-,40+,41-,42+,44+/m0/s1. The fourth-order valence-corrected chi connectivity index (χ4v) is 7.95. The minimum absolute atomic E-state index is 0.00656. The molecule has 2 rings (SSSR count). The van der Waals surface area contributed by atoms with Crippen LogP contribution in [-0.2, 0) is 33.3 Å². The maximum Gasteiger partial charge on any atom is 0.373 e. The van der Waals surface area contributed by atoms with E-state index in [2.05, 4.69) is 6.92 Å². The van der Waals surface area contributed by atoms with Gasteiger partial charge in [-0.3, -0.25) is 4.79 Å². The molecule has 0 amide bonds. The Kier molecular flexibility index (Phi) is 20.2. The van der Waals surface area contributed by atoms with Gasteiger partial charge in [0.1, 0.15) is 18.3 Å². The van der Waals surface area contributed by atoms with Crippen molar-refractivity contribution in [2.24, 2.45) is 35.5 Å². The maximum atomic E-state index is 13.7. The van der Waals surface area contributed by atoms with Gasteiger partial charge in [0.05, 0.1) is 25.4 Å². The molecular formula is C44H74O10. The van der Waals surface area contributed by atoms with Crippen LogP contribution < -0.4 is 0 Å². The number of cyclic esters (lactones) is 1. The summed E-state index contributed by atoms with van der Waals surface area (Å²) in [6, 6.07) is 0.